The Balaban J connectivity index is 1.70. The zero-order valence-electron chi connectivity index (χ0n) is 19.1. The third-order valence-corrected chi connectivity index (χ3v) is 6.50. The van der Waals surface area contributed by atoms with Crippen molar-refractivity contribution in [1.82, 2.24) is 9.55 Å². The second-order valence-electron chi connectivity index (χ2n) is 8.32. The Kier molecular flexibility index (Phi) is 6.62. The van der Waals surface area contributed by atoms with Gasteiger partial charge in [0, 0.05) is 17.4 Å². The summed E-state index contributed by atoms with van der Waals surface area (Å²) in [5.41, 5.74) is 3.45. The zero-order valence-corrected chi connectivity index (χ0v) is 19.8. The first-order chi connectivity index (χ1) is 17.2. The average Bonchev–Trinajstić information content (AvgIpc) is 3.39. The van der Waals surface area contributed by atoms with Crippen molar-refractivity contribution >= 4 is 17.7 Å². The van der Waals surface area contributed by atoms with E-state index in [4.69, 9.17) is 11.6 Å². The summed E-state index contributed by atoms with van der Waals surface area (Å²) in [6, 6.07) is 38.6. The molecule has 1 unspecified atom stereocenters. The van der Waals surface area contributed by atoms with Gasteiger partial charge in [0.25, 0.3) is 0 Å². The van der Waals surface area contributed by atoms with Gasteiger partial charge in [0.2, 0.25) is 0 Å². The molecule has 5 aromatic rings. The minimum atomic E-state index is -0.781. The number of imidazole rings is 1. The molecular weight excluding hydrogens is 452 g/mol. The van der Waals surface area contributed by atoms with Crippen molar-refractivity contribution in [2.24, 2.45) is 0 Å². The first-order valence-electron chi connectivity index (χ1n) is 11.5. The highest BCUT2D eigenvalue weighted by atomic mass is 35.5. The van der Waals surface area contributed by atoms with Crippen LogP contribution >= 0.6 is 11.6 Å². The fourth-order valence-electron chi connectivity index (χ4n) is 4.63. The van der Waals surface area contributed by atoms with Gasteiger partial charge in [-0.3, -0.25) is 0 Å². The first-order valence-corrected chi connectivity index (χ1v) is 11.9. The van der Waals surface area contributed by atoms with Gasteiger partial charge in [0.05, 0.1) is 6.10 Å². The maximum atomic E-state index is 10.8. The molecule has 0 aliphatic carbocycles. The van der Waals surface area contributed by atoms with Gasteiger partial charge >= 0.3 is 0 Å². The number of rotatable bonds is 7. The van der Waals surface area contributed by atoms with Crippen molar-refractivity contribution in [3.63, 3.8) is 0 Å². The molecule has 172 valence electrons. The van der Waals surface area contributed by atoms with Crippen LogP contribution in [0.5, 0.6) is 0 Å². The lowest BCUT2D eigenvalue weighted by atomic mass is 9.76. The molecule has 0 radical (unpaired) electrons. The van der Waals surface area contributed by atoms with Gasteiger partial charge in [-0.15, -0.1) is 0 Å². The van der Waals surface area contributed by atoms with E-state index in [1.165, 1.54) is 0 Å². The summed E-state index contributed by atoms with van der Waals surface area (Å²) < 4.78 is 2.18. The highest BCUT2D eigenvalue weighted by molar-refractivity contribution is 6.30. The van der Waals surface area contributed by atoms with Crippen LogP contribution in [0.2, 0.25) is 5.02 Å². The number of hydrogen-bond donors (Lipinski definition) is 1. The lowest BCUT2D eigenvalue weighted by molar-refractivity contribution is 0.229. The molecule has 3 nitrogen and oxygen atoms in total. The molecule has 0 saturated heterocycles. The molecule has 5 rings (SSSR count). The van der Waals surface area contributed by atoms with Crippen molar-refractivity contribution in [2.45, 2.75) is 11.6 Å². The molecule has 1 aromatic heterocycles. The molecule has 4 heteroatoms. The molecule has 1 atom stereocenters. The molecule has 4 aromatic carbocycles. The Labute approximate surface area is 210 Å². The summed E-state index contributed by atoms with van der Waals surface area (Å²) in [6.07, 6.45) is 6.66. The molecule has 35 heavy (non-hydrogen) atoms. The monoisotopic (exact) mass is 476 g/mol. The Morgan fingerprint density at radius 1 is 0.714 bits per heavy atom. The molecule has 0 bridgehead atoms. The largest absolute Gasteiger partial charge is 0.384 e. The molecule has 1 heterocycles. The molecule has 0 amide bonds. The Morgan fingerprint density at radius 2 is 1.20 bits per heavy atom. The smallest absolute Gasteiger partial charge is 0.133 e. The van der Waals surface area contributed by atoms with E-state index in [1.807, 2.05) is 42.6 Å². The van der Waals surface area contributed by atoms with E-state index in [2.05, 4.69) is 82.3 Å². The van der Waals surface area contributed by atoms with Gasteiger partial charge in [-0.2, -0.15) is 0 Å². The van der Waals surface area contributed by atoms with Crippen LogP contribution in [0, 0.1) is 0 Å². The number of benzene rings is 4. The summed E-state index contributed by atoms with van der Waals surface area (Å²) in [6.45, 7) is 0. The van der Waals surface area contributed by atoms with Crippen molar-refractivity contribution < 1.29 is 5.11 Å². The quantitative estimate of drug-likeness (QED) is 0.254. The van der Waals surface area contributed by atoms with Gasteiger partial charge < -0.3 is 9.67 Å². The van der Waals surface area contributed by atoms with Crippen molar-refractivity contribution in [1.29, 1.82) is 0 Å². The number of hydrogen-bond acceptors (Lipinski definition) is 2. The lowest BCUT2D eigenvalue weighted by Gasteiger charge is -2.38. The van der Waals surface area contributed by atoms with E-state index < -0.39 is 11.6 Å². The van der Waals surface area contributed by atoms with Crippen LogP contribution < -0.4 is 0 Å². The number of aliphatic hydroxyl groups is 1. The normalized spacial score (nSPS) is 12.6. The topological polar surface area (TPSA) is 38.1 Å². The summed E-state index contributed by atoms with van der Waals surface area (Å²) in [5, 5.41) is 11.4. The second-order valence-corrected chi connectivity index (χ2v) is 8.76. The highest BCUT2D eigenvalue weighted by Gasteiger charge is 2.39. The predicted octanol–water partition coefficient (Wildman–Crippen LogP) is 7.12. The second kappa shape index (κ2) is 10.1. The maximum absolute atomic E-state index is 10.8. The number of aromatic nitrogens is 2. The van der Waals surface area contributed by atoms with Crippen molar-refractivity contribution in [3.05, 3.63) is 167 Å². The third-order valence-electron chi connectivity index (χ3n) is 6.24. The average molecular weight is 477 g/mol. The summed E-state index contributed by atoms with van der Waals surface area (Å²) in [5.74, 6) is 0.731. The highest BCUT2D eigenvalue weighted by Crippen LogP contribution is 2.41. The number of halogens is 1. The van der Waals surface area contributed by atoms with Gasteiger partial charge in [-0.05, 0) is 46.5 Å². The van der Waals surface area contributed by atoms with Crippen LogP contribution in [-0.4, -0.2) is 14.7 Å². The molecule has 0 saturated carbocycles. The van der Waals surface area contributed by atoms with E-state index >= 15 is 0 Å². The minimum absolute atomic E-state index is 0.638. The Bertz CT molecular complexity index is 1300. The maximum Gasteiger partial charge on any atom is 0.133 e. The summed E-state index contributed by atoms with van der Waals surface area (Å²) in [4.78, 5) is 4.68. The van der Waals surface area contributed by atoms with E-state index in [9.17, 15) is 5.11 Å². The number of aliphatic hydroxyl groups excluding tert-OH is 1. The standard InChI is InChI=1S/C31H25ClN2O/c32-28-18-16-24(17-19-28)29(35)20-21-30-33-22-23-34(30)31(25-10-4-1-5-11-25,26-12-6-2-7-13-26)27-14-8-3-9-15-27/h1-23,29,35H/b21-20-. The third kappa shape index (κ3) is 4.44. The van der Waals surface area contributed by atoms with Crippen LogP contribution in [0.25, 0.3) is 6.08 Å². The van der Waals surface area contributed by atoms with Crippen LogP contribution in [-0.2, 0) is 5.54 Å². The molecular formula is C31H25ClN2O. The molecule has 0 aliphatic rings. The first kappa shape index (κ1) is 22.9. The molecule has 0 aliphatic heterocycles. The number of nitrogens with zero attached hydrogens (tertiary/aromatic N) is 2. The fraction of sp³-hybridized carbons (Fsp3) is 0.0645. The van der Waals surface area contributed by atoms with Gasteiger partial charge in [-0.25, -0.2) is 4.98 Å². The summed E-state index contributed by atoms with van der Waals surface area (Å²) in [7, 11) is 0. The lowest BCUT2D eigenvalue weighted by Crippen LogP contribution is -2.38. The fourth-order valence-corrected chi connectivity index (χ4v) is 4.75. The molecule has 0 fully saturated rings. The van der Waals surface area contributed by atoms with Crippen LogP contribution in [0.4, 0.5) is 0 Å². The van der Waals surface area contributed by atoms with Crippen molar-refractivity contribution in [3.8, 4) is 0 Å². The van der Waals surface area contributed by atoms with Gasteiger partial charge in [0.1, 0.15) is 11.4 Å². The van der Waals surface area contributed by atoms with E-state index in [1.54, 1.807) is 24.4 Å². The minimum Gasteiger partial charge on any atom is -0.384 e. The van der Waals surface area contributed by atoms with Crippen LogP contribution in [0.1, 0.15) is 34.2 Å². The van der Waals surface area contributed by atoms with E-state index in [-0.39, 0.29) is 0 Å². The van der Waals surface area contributed by atoms with E-state index in [0.717, 1.165) is 28.1 Å². The molecule has 1 N–H and O–H groups in total. The SMILES string of the molecule is OC(/C=C\c1nccn1C(c1ccccc1)(c1ccccc1)c1ccccc1)c1ccc(Cl)cc1. The zero-order chi connectivity index (χ0) is 24.1. The predicted molar refractivity (Wildman–Crippen MR) is 142 cm³/mol. The van der Waals surface area contributed by atoms with Gasteiger partial charge in [0.15, 0.2) is 0 Å². The van der Waals surface area contributed by atoms with Gasteiger partial charge in [-0.1, -0.05) is 115 Å². The Hall–Kier alpha value is -3.92. The molecule has 0 spiro atoms. The summed E-state index contributed by atoms with van der Waals surface area (Å²) >= 11 is 6.01. The Morgan fingerprint density at radius 3 is 1.69 bits per heavy atom. The van der Waals surface area contributed by atoms with E-state index in [0.29, 0.717) is 5.02 Å². The van der Waals surface area contributed by atoms with Crippen molar-refractivity contribution in [2.75, 3.05) is 0 Å². The van der Waals surface area contributed by atoms with Crippen LogP contribution in [0.15, 0.2) is 134 Å². The van der Waals surface area contributed by atoms with Crippen LogP contribution in [0.3, 0.4) is 0 Å².